The maximum absolute atomic E-state index is 11.0. The van der Waals surface area contributed by atoms with Crippen molar-refractivity contribution in [3.05, 3.63) is 34.9 Å². The largest absolute Gasteiger partial charge is 0.480 e. The first-order valence-electron chi connectivity index (χ1n) is 6.82. The Labute approximate surface area is 107 Å². The lowest BCUT2D eigenvalue weighted by Gasteiger charge is -2.24. The van der Waals surface area contributed by atoms with Crippen molar-refractivity contribution < 1.29 is 9.90 Å². The highest BCUT2D eigenvalue weighted by Crippen LogP contribution is 2.35. The summed E-state index contributed by atoms with van der Waals surface area (Å²) in [6, 6.07) is 6.21. The van der Waals surface area contributed by atoms with Crippen LogP contribution in [0, 0.1) is 0 Å². The Hall–Kier alpha value is -1.35. The Morgan fingerprint density at radius 3 is 2.72 bits per heavy atom. The first kappa shape index (κ1) is 11.7. The van der Waals surface area contributed by atoms with E-state index in [0.717, 1.165) is 5.92 Å². The maximum Gasteiger partial charge on any atom is 0.321 e. The summed E-state index contributed by atoms with van der Waals surface area (Å²) in [6.45, 7) is 0.687. The van der Waals surface area contributed by atoms with Crippen LogP contribution >= 0.6 is 0 Å². The molecule has 18 heavy (non-hydrogen) atoms. The van der Waals surface area contributed by atoms with Crippen LogP contribution < -0.4 is 5.32 Å². The van der Waals surface area contributed by atoms with Gasteiger partial charge in [0.15, 0.2) is 0 Å². The standard InChI is InChI=1S/C15H19NO2/c17-15(18)14-8-12-6-5-11(7-13(12)9-16-14)10-3-1-2-4-10/h5-7,10,14,16H,1-4,8-9H2,(H,17,18). The summed E-state index contributed by atoms with van der Waals surface area (Å²) in [5.74, 6) is -0.0204. The van der Waals surface area contributed by atoms with E-state index in [1.807, 2.05) is 0 Å². The molecule has 0 radical (unpaired) electrons. The van der Waals surface area contributed by atoms with Gasteiger partial charge in [0.05, 0.1) is 0 Å². The minimum Gasteiger partial charge on any atom is -0.480 e. The molecule has 0 aromatic heterocycles. The summed E-state index contributed by atoms with van der Waals surface area (Å²) in [7, 11) is 0. The molecule has 2 aliphatic rings. The van der Waals surface area contributed by atoms with Crippen LogP contribution in [0.5, 0.6) is 0 Å². The van der Waals surface area contributed by atoms with Gasteiger partial charge in [-0.1, -0.05) is 31.0 Å². The lowest BCUT2D eigenvalue weighted by Crippen LogP contribution is -2.41. The normalized spacial score (nSPS) is 23.9. The van der Waals surface area contributed by atoms with Crippen molar-refractivity contribution in [2.75, 3.05) is 0 Å². The molecule has 96 valence electrons. The van der Waals surface area contributed by atoms with E-state index in [1.165, 1.54) is 42.4 Å². The lowest BCUT2D eigenvalue weighted by atomic mass is 9.89. The number of carboxylic acids is 1. The number of carbonyl (C=O) groups is 1. The third kappa shape index (κ3) is 2.15. The molecule has 1 saturated carbocycles. The maximum atomic E-state index is 11.0. The smallest absolute Gasteiger partial charge is 0.321 e. The fraction of sp³-hybridized carbons (Fsp3) is 0.533. The molecule has 3 nitrogen and oxygen atoms in total. The predicted octanol–water partition coefficient (Wildman–Crippen LogP) is 2.44. The number of rotatable bonds is 2. The second-order valence-electron chi connectivity index (χ2n) is 5.49. The molecule has 1 unspecified atom stereocenters. The van der Waals surface area contributed by atoms with Crippen LogP contribution in [0.2, 0.25) is 0 Å². The Morgan fingerprint density at radius 1 is 1.22 bits per heavy atom. The fourth-order valence-corrected chi connectivity index (χ4v) is 3.22. The molecule has 0 bridgehead atoms. The molecule has 1 aromatic carbocycles. The molecule has 3 rings (SSSR count). The highest BCUT2D eigenvalue weighted by Gasteiger charge is 2.25. The van der Waals surface area contributed by atoms with Gasteiger partial charge in [-0.05, 0) is 41.9 Å². The van der Waals surface area contributed by atoms with E-state index in [2.05, 4.69) is 23.5 Å². The van der Waals surface area contributed by atoms with Crippen molar-refractivity contribution in [3.63, 3.8) is 0 Å². The van der Waals surface area contributed by atoms with Crippen LogP contribution in [0.3, 0.4) is 0 Å². The third-order valence-corrected chi connectivity index (χ3v) is 4.32. The number of aliphatic carboxylic acids is 1. The Balaban J connectivity index is 1.82. The van der Waals surface area contributed by atoms with Gasteiger partial charge in [0.25, 0.3) is 0 Å². The Bertz CT molecular complexity index is 464. The topological polar surface area (TPSA) is 49.3 Å². The van der Waals surface area contributed by atoms with Crippen molar-refractivity contribution in [2.45, 2.75) is 50.6 Å². The van der Waals surface area contributed by atoms with Crippen LogP contribution in [-0.2, 0) is 17.8 Å². The molecule has 1 aliphatic carbocycles. The van der Waals surface area contributed by atoms with Crippen LogP contribution in [0.25, 0.3) is 0 Å². The molecule has 0 saturated heterocycles. The van der Waals surface area contributed by atoms with Crippen molar-refractivity contribution >= 4 is 5.97 Å². The zero-order valence-electron chi connectivity index (χ0n) is 10.5. The number of fused-ring (bicyclic) bond motifs is 1. The molecule has 1 fully saturated rings. The molecule has 1 aromatic rings. The molecule has 0 spiro atoms. The number of nitrogens with one attached hydrogen (secondary N) is 1. The summed E-state index contributed by atoms with van der Waals surface area (Å²) < 4.78 is 0. The Kier molecular flexibility index (Phi) is 3.08. The molecule has 0 amide bonds. The molecule has 2 N–H and O–H groups in total. The molecule has 3 heteroatoms. The monoisotopic (exact) mass is 245 g/mol. The summed E-state index contributed by atoms with van der Waals surface area (Å²) >= 11 is 0. The van der Waals surface area contributed by atoms with E-state index < -0.39 is 12.0 Å². The summed E-state index contributed by atoms with van der Waals surface area (Å²) in [4.78, 5) is 11.0. The van der Waals surface area contributed by atoms with Gasteiger partial charge in [-0.15, -0.1) is 0 Å². The molecule has 1 atom stereocenters. The van der Waals surface area contributed by atoms with E-state index in [1.54, 1.807) is 0 Å². The molecular weight excluding hydrogens is 226 g/mol. The van der Waals surface area contributed by atoms with Gasteiger partial charge >= 0.3 is 5.97 Å². The summed E-state index contributed by atoms with van der Waals surface area (Å²) in [5, 5.41) is 12.1. The first-order valence-corrected chi connectivity index (χ1v) is 6.82. The first-order chi connectivity index (χ1) is 8.74. The van der Waals surface area contributed by atoms with Gasteiger partial charge in [-0.3, -0.25) is 4.79 Å². The summed E-state index contributed by atoms with van der Waals surface area (Å²) in [5.41, 5.74) is 3.93. The van der Waals surface area contributed by atoms with Crippen LogP contribution in [0.4, 0.5) is 0 Å². The lowest BCUT2D eigenvalue weighted by molar-refractivity contribution is -0.139. The van der Waals surface area contributed by atoms with Crippen molar-refractivity contribution in [1.82, 2.24) is 5.32 Å². The second-order valence-corrected chi connectivity index (χ2v) is 5.49. The van der Waals surface area contributed by atoms with Gasteiger partial charge in [0.1, 0.15) is 6.04 Å². The van der Waals surface area contributed by atoms with Gasteiger partial charge in [-0.2, -0.15) is 0 Å². The van der Waals surface area contributed by atoms with Gasteiger partial charge < -0.3 is 10.4 Å². The molecule has 1 heterocycles. The highest BCUT2D eigenvalue weighted by molar-refractivity contribution is 5.74. The minimum atomic E-state index is -0.750. The van der Waals surface area contributed by atoms with E-state index in [-0.39, 0.29) is 0 Å². The van der Waals surface area contributed by atoms with Crippen LogP contribution in [-0.4, -0.2) is 17.1 Å². The number of hydrogen-bond donors (Lipinski definition) is 2. The van der Waals surface area contributed by atoms with Crippen LogP contribution in [0.15, 0.2) is 18.2 Å². The third-order valence-electron chi connectivity index (χ3n) is 4.32. The summed E-state index contributed by atoms with van der Waals surface area (Å²) in [6.07, 6.45) is 5.92. The zero-order valence-corrected chi connectivity index (χ0v) is 10.5. The average molecular weight is 245 g/mol. The van der Waals surface area contributed by atoms with Crippen molar-refractivity contribution in [3.8, 4) is 0 Å². The van der Waals surface area contributed by atoms with E-state index in [9.17, 15) is 4.79 Å². The highest BCUT2D eigenvalue weighted by atomic mass is 16.4. The van der Waals surface area contributed by atoms with Gasteiger partial charge in [0.2, 0.25) is 0 Å². The van der Waals surface area contributed by atoms with Crippen molar-refractivity contribution in [1.29, 1.82) is 0 Å². The number of benzene rings is 1. The quantitative estimate of drug-likeness (QED) is 0.841. The van der Waals surface area contributed by atoms with E-state index in [4.69, 9.17) is 5.11 Å². The minimum absolute atomic E-state index is 0.421. The van der Waals surface area contributed by atoms with E-state index in [0.29, 0.717) is 13.0 Å². The number of hydrogen-bond acceptors (Lipinski definition) is 2. The zero-order chi connectivity index (χ0) is 12.5. The fourth-order valence-electron chi connectivity index (χ4n) is 3.22. The number of carboxylic acid groups (broad SMARTS) is 1. The van der Waals surface area contributed by atoms with Gasteiger partial charge in [0, 0.05) is 6.54 Å². The van der Waals surface area contributed by atoms with E-state index >= 15 is 0 Å². The van der Waals surface area contributed by atoms with Crippen LogP contribution in [0.1, 0.15) is 48.3 Å². The average Bonchev–Trinajstić information content (AvgIpc) is 2.91. The molecular formula is C15H19NO2. The van der Waals surface area contributed by atoms with Gasteiger partial charge in [-0.25, -0.2) is 0 Å². The second kappa shape index (κ2) is 4.73. The SMILES string of the molecule is O=C(O)C1Cc2ccc(C3CCCC3)cc2CN1. The van der Waals surface area contributed by atoms with Crippen molar-refractivity contribution in [2.24, 2.45) is 0 Å². The molecule has 1 aliphatic heterocycles. The Morgan fingerprint density at radius 2 is 2.00 bits per heavy atom. The predicted molar refractivity (Wildman–Crippen MR) is 69.6 cm³/mol.